The molecule has 0 aliphatic heterocycles. The molecule has 32 heavy (non-hydrogen) atoms. The number of carbonyl (C=O) groups is 1. The van der Waals surface area contributed by atoms with E-state index in [-0.39, 0.29) is 10.6 Å². The highest BCUT2D eigenvalue weighted by atomic mass is 32.2. The van der Waals surface area contributed by atoms with Gasteiger partial charge in [-0.3, -0.25) is 9.10 Å². The summed E-state index contributed by atoms with van der Waals surface area (Å²) in [7, 11) is -4.10. The van der Waals surface area contributed by atoms with E-state index < -0.39 is 28.3 Å². The molecule has 1 amide bonds. The van der Waals surface area contributed by atoms with E-state index in [2.05, 4.69) is 5.32 Å². The van der Waals surface area contributed by atoms with Gasteiger partial charge in [0.15, 0.2) is 0 Å². The van der Waals surface area contributed by atoms with Gasteiger partial charge in [0.1, 0.15) is 18.1 Å². The summed E-state index contributed by atoms with van der Waals surface area (Å²) in [6.07, 6.45) is 0.868. The summed E-state index contributed by atoms with van der Waals surface area (Å²) in [6, 6.07) is 18.2. The summed E-state index contributed by atoms with van der Waals surface area (Å²) < 4.78 is 46.5. The van der Waals surface area contributed by atoms with Crippen molar-refractivity contribution in [2.75, 3.05) is 22.8 Å². The lowest BCUT2D eigenvalue weighted by atomic mass is 10.1. The summed E-state index contributed by atoms with van der Waals surface area (Å²) in [5.41, 5.74) is 1.86. The SMILES string of the molecule is CCOc1ccc(S(=O)(=O)N(CC(=O)Nc2ccc(CC)cc2)c2ccc(F)cc2)cc1. The molecule has 0 bridgehead atoms. The monoisotopic (exact) mass is 456 g/mol. The molecule has 3 aromatic rings. The highest BCUT2D eigenvalue weighted by molar-refractivity contribution is 7.92. The molecule has 6 nitrogen and oxygen atoms in total. The van der Waals surface area contributed by atoms with Crippen molar-refractivity contribution in [3.05, 3.63) is 84.2 Å². The first-order chi connectivity index (χ1) is 15.3. The maximum Gasteiger partial charge on any atom is 0.264 e. The molecule has 8 heteroatoms. The van der Waals surface area contributed by atoms with E-state index in [4.69, 9.17) is 4.74 Å². The van der Waals surface area contributed by atoms with Gasteiger partial charge < -0.3 is 10.1 Å². The molecule has 0 atom stereocenters. The van der Waals surface area contributed by atoms with Gasteiger partial charge in [-0.15, -0.1) is 0 Å². The van der Waals surface area contributed by atoms with Crippen LogP contribution in [0.15, 0.2) is 77.7 Å². The fraction of sp³-hybridized carbons (Fsp3) is 0.208. The molecular weight excluding hydrogens is 431 g/mol. The average Bonchev–Trinajstić information content (AvgIpc) is 2.79. The van der Waals surface area contributed by atoms with Gasteiger partial charge >= 0.3 is 0 Å². The van der Waals surface area contributed by atoms with Crippen LogP contribution >= 0.6 is 0 Å². The molecule has 168 valence electrons. The van der Waals surface area contributed by atoms with Gasteiger partial charge in [0, 0.05) is 5.69 Å². The smallest absolute Gasteiger partial charge is 0.264 e. The van der Waals surface area contributed by atoms with Crippen LogP contribution in [0.2, 0.25) is 0 Å². The molecule has 0 saturated carbocycles. The Morgan fingerprint density at radius 3 is 2.12 bits per heavy atom. The second-order valence-electron chi connectivity index (χ2n) is 6.99. The average molecular weight is 457 g/mol. The van der Waals surface area contributed by atoms with Gasteiger partial charge in [0.05, 0.1) is 17.2 Å². The number of rotatable bonds is 9. The largest absolute Gasteiger partial charge is 0.494 e. The van der Waals surface area contributed by atoms with Crippen LogP contribution in [0.25, 0.3) is 0 Å². The standard InChI is InChI=1S/C24H25FN2O4S/c1-3-18-5-9-20(10-6-18)26-24(28)17-27(21-11-7-19(25)8-12-21)32(29,30)23-15-13-22(14-16-23)31-4-2/h5-16H,3-4,17H2,1-2H3,(H,26,28). The van der Waals surface area contributed by atoms with Gasteiger partial charge in [0.2, 0.25) is 5.91 Å². The highest BCUT2D eigenvalue weighted by Gasteiger charge is 2.27. The number of anilines is 2. The first-order valence-electron chi connectivity index (χ1n) is 10.2. The second kappa shape index (κ2) is 10.3. The van der Waals surface area contributed by atoms with Crippen LogP contribution in [-0.4, -0.2) is 27.5 Å². The lowest BCUT2D eigenvalue weighted by molar-refractivity contribution is -0.114. The lowest BCUT2D eigenvalue weighted by Gasteiger charge is -2.24. The van der Waals surface area contributed by atoms with Crippen LogP contribution in [0.1, 0.15) is 19.4 Å². The third-order valence-electron chi connectivity index (χ3n) is 4.77. The van der Waals surface area contributed by atoms with Crippen molar-refractivity contribution in [1.82, 2.24) is 0 Å². The quantitative estimate of drug-likeness (QED) is 0.510. The van der Waals surface area contributed by atoms with Gasteiger partial charge in [0.25, 0.3) is 10.0 Å². The highest BCUT2D eigenvalue weighted by Crippen LogP contribution is 2.25. The van der Waals surface area contributed by atoms with Crippen LogP contribution in [0.3, 0.4) is 0 Å². The predicted molar refractivity (Wildman–Crippen MR) is 123 cm³/mol. The van der Waals surface area contributed by atoms with Crippen molar-refractivity contribution in [2.24, 2.45) is 0 Å². The number of benzene rings is 3. The minimum Gasteiger partial charge on any atom is -0.494 e. The van der Waals surface area contributed by atoms with E-state index in [9.17, 15) is 17.6 Å². The lowest BCUT2D eigenvalue weighted by Crippen LogP contribution is -2.38. The Kier molecular flexibility index (Phi) is 7.48. The van der Waals surface area contributed by atoms with E-state index >= 15 is 0 Å². The number of nitrogens with zero attached hydrogens (tertiary/aromatic N) is 1. The van der Waals surface area contributed by atoms with Crippen molar-refractivity contribution in [1.29, 1.82) is 0 Å². The molecule has 0 aliphatic carbocycles. The summed E-state index contributed by atoms with van der Waals surface area (Å²) >= 11 is 0. The Bertz CT molecular complexity index is 1150. The van der Waals surface area contributed by atoms with Gasteiger partial charge in [-0.2, -0.15) is 0 Å². The Morgan fingerprint density at radius 2 is 1.56 bits per heavy atom. The summed E-state index contributed by atoms with van der Waals surface area (Å²) in [5.74, 6) is -0.492. The number of sulfonamides is 1. The molecular formula is C24H25FN2O4S. The maximum atomic E-state index is 13.4. The Hall–Kier alpha value is -3.39. The van der Waals surface area contributed by atoms with Crippen LogP contribution < -0.4 is 14.4 Å². The van der Waals surface area contributed by atoms with Crippen molar-refractivity contribution in [2.45, 2.75) is 25.2 Å². The zero-order chi connectivity index (χ0) is 23.1. The summed E-state index contributed by atoms with van der Waals surface area (Å²) in [6.45, 7) is 3.83. The molecule has 3 aromatic carbocycles. The third kappa shape index (κ3) is 5.64. The zero-order valence-electron chi connectivity index (χ0n) is 17.9. The number of halogens is 1. The van der Waals surface area contributed by atoms with Crippen molar-refractivity contribution in [3.8, 4) is 5.75 Å². The van der Waals surface area contributed by atoms with Gasteiger partial charge in [-0.05, 0) is 79.6 Å². The Morgan fingerprint density at radius 1 is 0.938 bits per heavy atom. The maximum absolute atomic E-state index is 13.4. The van der Waals surface area contributed by atoms with Crippen LogP contribution in [0.4, 0.5) is 15.8 Å². The molecule has 0 spiro atoms. The second-order valence-corrected chi connectivity index (χ2v) is 8.85. The van der Waals surface area contributed by atoms with E-state index in [0.717, 1.165) is 28.4 Å². The predicted octanol–water partition coefficient (Wildman–Crippen LogP) is 4.62. The first-order valence-corrected chi connectivity index (χ1v) is 11.7. The number of hydrogen-bond acceptors (Lipinski definition) is 4. The molecule has 0 unspecified atom stereocenters. The molecule has 0 heterocycles. The van der Waals surface area contributed by atoms with E-state index in [1.165, 1.54) is 24.3 Å². The topological polar surface area (TPSA) is 75.7 Å². The third-order valence-corrected chi connectivity index (χ3v) is 6.56. The van der Waals surface area contributed by atoms with Crippen LogP contribution in [-0.2, 0) is 21.2 Å². The molecule has 1 N–H and O–H groups in total. The van der Waals surface area contributed by atoms with E-state index in [1.807, 2.05) is 26.0 Å². The van der Waals surface area contributed by atoms with Crippen LogP contribution in [0.5, 0.6) is 5.75 Å². The van der Waals surface area contributed by atoms with Crippen molar-refractivity contribution in [3.63, 3.8) is 0 Å². The molecule has 0 saturated heterocycles. The number of aryl methyl sites for hydroxylation is 1. The fourth-order valence-electron chi connectivity index (χ4n) is 3.08. The first kappa shape index (κ1) is 23.3. The molecule has 0 radical (unpaired) electrons. The number of carbonyl (C=O) groups excluding carboxylic acids is 1. The normalized spacial score (nSPS) is 11.1. The zero-order valence-corrected chi connectivity index (χ0v) is 18.7. The van der Waals surface area contributed by atoms with Gasteiger partial charge in [-0.1, -0.05) is 19.1 Å². The van der Waals surface area contributed by atoms with Crippen LogP contribution in [0, 0.1) is 5.82 Å². The molecule has 0 fully saturated rings. The van der Waals surface area contributed by atoms with Crippen molar-refractivity contribution >= 4 is 27.3 Å². The molecule has 3 rings (SSSR count). The number of hydrogen-bond donors (Lipinski definition) is 1. The van der Waals surface area contributed by atoms with Gasteiger partial charge in [-0.25, -0.2) is 12.8 Å². The summed E-state index contributed by atoms with van der Waals surface area (Å²) in [4.78, 5) is 12.7. The summed E-state index contributed by atoms with van der Waals surface area (Å²) in [5, 5.41) is 2.72. The molecule has 0 aromatic heterocycles. The Labute approximate surface area is 187 Å². The van der Waals surface area contributed by atoms with E-state index in [1.54, 1.807) is 24.3 Å². The Balaban J connectivity index is 1.88. The molecule has 0 aliphatic rings. The fourth-order valence-corrected chi connectivity index (χ4v) is 4.50. The minimum absolute atomic E-state index is 0.00891. The van der Waals surface area contributed by atoms with E-state index in [0.29, 0.717) is 18.0 Å². The number of amides is 1. The number of ether oxygens (including phenoxy) is 1. The minimum atomic E-state index is -4.10. The van der Waals surface area contributed by atoms with Crippen molar-refractivity contribution < 1.29 is 22.3 Å². The number of nitrogens with one attached hydrogen (secondary N) is 1.